The summed E-state index contributed by atoms with van der Waals surface area (Å²) in [6.45, 7) is 13.7. The maximum atomic E-state index is 10.9. The molecule has 2 aromatic rings. The molecule has 1 heterocycles. The van der Waals surface area contributed by atoms with E-state index in [2.05, 4.69) is 34.6 Å². The molecule has 0 aliphatic carbocycles. The normalized spacial score (nSPS) is 17.5. The van der Waals surface area contributed by atoms with Gasteiger partial charge in [0.1, 0.15) is 23.0 Å². The standard InChI is InChI=1S/C25H32O6/c1-14-8-21-17(10-18(14)26)25(6,7)12-23(31-21)30-20-9-15(2)19(29-13-22(27)28)11-16(20)24(3,4)5/h8-11,23,26H,12-13H2,1-7H3,(H,27,28)/t23-/m1/s1. The van der Waals surface area contributed by atoms with Gasteiger partial charge in [0.25, 0.3) is 0 Å². The molecular formula is C25H32O6. The van der Waals surface area contributed by atoms with Gasteiger partial charge in [0.2, 0.25) is 6.29 Å². The van der Waals surface area contributed by atoms with Crippen LogP contribution in [0.4, 0.5) is 0 Å². The Morgan fingerprint density at radius 3 is 2.42 bits per heavy atom. The van der Waals surface area contributed by atoms with E-state index in [0.717, 1.165) is 22.3 Å². The molecule has 1 atom stereocenters. The van der Waals surface area contributed by atoms with Crippen molar-refractivity contribution in [3.05, 3.63) is 46.5 Å². The molecular weight excluding hydrogens is 396 g/mol. The summed E-state index contributed by atoms with van der Waals surface area (Å²) in [5, 5.41) is 19.1. The molecule has 1 aliphatic rings. The maximum Gasteiger partial charge on any atom is 0.341 e. The van der Waals surface area contributed by atoms with Crippen molar-refractivity contribution in [3.8, 4) is 23.0 Å². The number of hydrogen-bond donors (Lipinski definition) is 2. The number of hydrogen-bond acceptors (Lipinski definition) is 5. The summed E-state index contributed by atoms with van der Waals surface area (Å²) in [7, 11) is 0. The first-order valence-corrected chi connectivity index (χ1v) is 10.4. The van der Waals surface area contributed by atoms with E-state index in [1.165, 1.54) is 0 Å². The Kier molecular flexibility index (Phi) is 5.87. The predicted octanol–water partition coefficient (Wildman–Crippen LogP) is 5.24. The Balaban J connectivity index is 1.95. The van der Waals surface area contributed by atoms with Gasteiger partial charge >= 0.3 is 5.97 Å². The zero-order valence-corrected chi connectivity index (χ0v) is 19.3. The first-order chi connectivity index (χ1) is 14.3. The van der Waals surface area contributed by atoms with Crippen molar-refractivity contribution in [2.24, 2.45) is 0 Å². The molecule has 0 aromatic heterocycles. The van der Waals surface area contributed by atoms with Gasteiger partial charge in [-0.2, -0.15) is 0 Å². The summed E-state index contributed by atoms with van der Waals surface area (Å²) < 4.78 is 18.0. The van der Waals surface area contributed by atoms with E-state index in [1.807, 2.05) is 32.0 Å². The van der Waals surface area contributed by atoms with Crippen LogP contribution in [0, 0.1) is 13.8 Å². The molecule has 0 amide bonds. The number of ether oxygens (including phenoxy) is 3. The molecule has 2 aromatic carbocycles. The van der Waals surface area contributed by atoms with Crippen molar-refractivity contribution in [1.29, 1.82) is 0 Å². The number of aryl methyl sites for hydroxylation is 2. The highest BCUT2D eigenvalue weighted by molar-refractivity contribution is 5.68. The van der Waals surface area contributed by atoms with E-state index in [0.29, 0.717) is 23.7 Å². The largest absolute Gasteiger partial charge is 0.508 e. The molecule has 0 saturated heterocycles. The third-order valence-electron chi connectivity index (χ3n) is 5.66. The quantitative estimate of drug-likeness (QED) is 0.678. The molecule has 0 spiro atoms. The second-order valence-electron chi connectivity index (χ2n) is 9.93. The van der Waals surface area contributed by atoms with Crippen LogP contribution in [0.15, 0.2) is 24.3 Å². The number of benzene rings is 2. The highest BCUT2D eigenvalue weighted by atomic mass is 16.7. The fraction of sp³-hybridized carbons (Fsp3) is 0.480. The van der Waals surface area contributed by atoms with Gasteiger partial charge in [-0.25, -0.2) is 4.79 Å². The number of carboxylic acids is 1. The number of fused-ring (bicyclic) bond motifs is 1. The average Bonchev–Trinajstić information content (AvgIpc) is 2.61. The van der Waals surface area contributed by atoms with E-state index < -0.39 is 18.9 Å². The van der Waals surface area contributed by atoms with Crippen molar-refractivity contribution >= 4 is 5.97 Å². The van der Waals surface area contributed by atoms with Gasteiger partial charge in [0.15, 0.2) is 6.61 Å². The summed E-state index contributed by atoms with van der Waals surface area (Å²) in [6, 6.07) is 7.37. The maximum absolute atomic E-state index is 10.9. The minimum Gasteiger partial charge on any atom is -0.508 e. The summed E-state index contributed by atoms with van der Waals surface area (Å²) >= 11 is 0. The topological polar surface area (TPSA) is 85.2 Å². The summed E-state index contributed by atoms with van der Waals surface area (Å²) in [5.41, 5.74) is 2.91. The Bertz CT molecular complexity index is 1000. The molecule has 0 bridgehead atoms. The molecule has 0 fully saturated rings. The monoisotopic (exact) mass is 428 g/mol. The zero-order chi connectivity index (χ0) is 23.1. The van der Waals surface area contributed by atoms with Crippen LogP contribution in [0.3, 0.4) is 0 Å². The Hall–Kier alpha value is -2.89. The van der Waals surface area contributed by atoms with Gasteiger partial charge in [-0.1, -0.05) is 34.6 Å². The molecule has 168 valence electrons. The van der Waals surface area contributed by atoms with Gasteiger partial charge in [0.05, 0.1) is 0 Å². The lowest BCUT2D eigenvalue weighted by Crippen LogP contribution is -2.38. The van der Waals surface area contributed by atoms with Crippen LogP contribution in [0.2, 0.25) is 0 Å². The second-order valence-corrected chi connectivity index (χ2v) is 9.93. The van der Waals surface area contributed by atoms with Gasteiger partial charge in [-0.05, 0) is 54.7 Å². The number of rotatable bonds is 5. The van der Waals surface area contributed by atoms with Crippen molar-refractivity contribution in [2.75, 3.05) is 6.61 Å². The first kappa shape index (κ1) is 22.8. The molecule has 6 heteroatoms. The van der Waals surface area contributed by atoms with Gasteiger partial charge in [-0.3, -0.25) is 0 Å². The molecule has 0 unspecified atom stereocenters. The van der Waals surface area contributed by atoms with Crippen LogP contribution in [-0.2, 0) is 15.6 Å². The number of aliphatic carboxylic acids is 1. The lowest BCUT2D eigenvalue weighted by atomic mass is 9.78. The fourth-order valence-electron chi connectivity index (χ4n) is 3.85. The summed E-state index contributed by atoms with van der Waals surface area (Å²) in [6.07, 6.45) is 0.111. The number of phenols is 1. The first-order valence-electron chi connectivity index (χ1n) is 10.4. The Morgan fingerprint density at radius 1 is 1.13 bits per heavy atom. The minimum absolute atomic E-state index is 0.245. The smallest absolute Gasteiger partial charge is 0.341 e. The Morgan fingerprint density at radius 2 is 1.81 bits per heavy atom. The second kappa shape index (κ2) is 7.98. The predicted molar refractivity (Wildman–Crippen MR) is 119 cm³/mol. The third-order valence-corrected chi connectivity index (χ3v) is 5.66. The number of carboxylic acid groups (broad SMARTS) is 1. The molecule has 2 N–H and O–H groups in total. The van der Waals surface area contributed by atoms with E-state index in [4.69, 9.17) is 19.3 Å². The van der Waals surface area contributed by atoms with E-state index in [-0.39, 0.29) is 16.6 Å². The molecule has 31 heavy (non-hydrogen) atoms. The fourth-order valence-corrected chi connectivity index (χ4v) is 3.85. The lowest BCUT2D eigenvalue weighted by molar-refractivity contribution is -0.139. The number of aromatic hydroxyl groups is 1. The lowest BCUT2D eigenvalue weighted by Gasteiger charge is -2.38. The van der Waals surface area contributed by atoms with Crippen molar-refractivity contribution in [3.63, 3.8) is 0 Å². The van der Waals surface area contributed by atoms with Gasteiger partial charge in [0, 0.05) is 23.0 Å². The minimum atomic E-state index is -1.02. The number of carbonyl (C=O) groups is 1. The van der Waals surface area contributed by atoms with Crippen molar-refractivity contribution in [1.82, 2.24) is 0 Å². The Labute approximate surface area is 183 Å². The van der Waals surface area contributed by atoms with Crippen LogP contribution in [0.1, 0.15) is 63.3 Å². The highest BCUT2D eigenvalue weighted by Crippen LogP contribution is 2.45. The van der Waals surface area contributed by atoms with Gasteiger partial charge in [-0.15, -0.1) is 0 Å². The van der Waals surface area contributed by atoms with Crippen molar-refractivity contribution in [2.45, 2.75) is 72.0 Å². The zero-order valence-electron chi connectivity index (χ0n) is 19.3. The van der Waals surface area contributed by atoms with E-state index >= 15 is 0 Å². The van der Waals surface area contributed by atoms with Crippen LogP contribution in [0.25, 0.3) is 0 Å². The molecule has 6 nitrogen and oxygen atoms in total. The van der Waals surface area contributed by atoms with Crippen molar-refractivity contribution < 1.29 is 29.2 Å². The number of phenolic OH excluding ortho intramolecular Hbond substituents is 1. The third kappa shape index (κ3) is 4.89. The van der Waals surface area contributed by atoms with Crippen LogP contribution in [0.5, 0.6) is 23.0 Å². The van der Waals surface area contributed by atoms with Crippen LogP contribution < -0.4 is 14.2 Å². The van der Waals surface area contributed by atoms with Crippen LogP contribution in [-0.4, -0.2) is 29.1 Å². The average molecular weight is 429 g/mol. The van der Waals surface area contributed by atoms with Gasteiger partial charge < -0.3 is 24.4 Å². The van der Waals surface area contributed by atoms with E-state index in [1.54, 1.807) is 6.07 Å². The summed E-state index contributed by atoms with van der Waals surface area (Å²) in [5.74, 6) is 1.17. The molecule has 0 saturated carbocycles. The summed E-state index contributed by atoms with van der Waals surface area (Å²) in [4.78, 5) is 10.9. The highest BCUT2D eigenvalue weighted by Gasteiger charge is 2.37. The molecule has 3 rings (SSSR count). The van der Waals surface area contributed by atoms with Crippen LogP contribution >= 0.6 is 0 Å². The molecule has 1 aliphatic heterocycles. The SMILES string of the molecule is Cc1cc2c(cc1O)C(C)(C)C[C@H](Oc1cc(C)c(OCC(=O)O)cc1C(C)(C)C)O2. The van der Waals surface area contributed by atoms with E-state index in [9.17, 15) is 9.90 Å². The molecule has 0 radical (unpaired) electrons.